The maximum Gasteiger partial charge on any atom is 0.325 e. The van der Waals surface area contributed by atoms with Crippen molar-refractivity contribution in [3.8, 4) is 0 Å². The van der Waals surface area contributed by atoms with Gasteiger partial charge >= 0.3 is 6.03 Å². The van der Waals surface area contributed by atoms with Crippen molar-refractivity contribution < 1.29 is 19.5 Å². The number of amides is 4. The normalized spacial score (nSPS) is 22.8. The molecule has 2 aliphatic rings. The minimum absolute atomic E-state index is 0.00652. The van der Waals surface area contributed by atoms with E-state index in [-0.39, 0.29) is 18.4 Å². The lowest BCUT2D eigenvalue weighted by molar-refractivity contribution is -0.131. The lowest BCUT2D eigenvalue weighted by Gasteiger charge is -2.35. The van der Waals surface area contributed by atoms with Gasteiger partial charge in [0.15, 0.2) is 0 Å². The molecule has 2 heterocycles. The molecule has 142 valence electrons. The summed E-state index contributed by atoms with van der Waals surface area (Å²) in [6.07, 6.45) is -0.793. The van der Waals surface area contributed by atoms with Crippen LogP contribution in [0.15, 0.2) is 0 Å². The van der Waals surface area contributed by atoms with E-state index in [9.17, 15) is 19.5 Å². The third-order valence-corrected chi connectivity index (χ3v) is 4.63. The van der Waals surface area contributed by atoms with Gasteiger partial charge in [-0.1, -0.05) is 0 Å². The summed E-state index contributed by atoms with van der Waals surface area (Å²) in [4.78, 5) is 42.6. The summed E-state index contributed by atoms with van der Waals surface area (Å²) < 4.78 is 0. The molecule has 9 heteroatoms. The van der Waals surface area contributed by atoms with Gasteiger partial charge in [-0.25, -0.2) is 4.79 Å². The summed E-state index contributed by atoms with van der Waals surface area (Å²) in [5.41, 5.74) is -0.915. The number of aliphatic hydroxyl groups excluding tert-OH is 1. The number of imide groups is 1. The molecule has 2 fully saturated rings. The first kappa shape index (κ1) is 19.6. The molecule has 0 bridgehead atoms. The molecule has 0 unspecified atom stereocenters. The Morgan fingerprint density at radius 3 is 2.20 bits per heavy atom. The first-order valence-corrected chi connectivity index (χ1v) is 8.57. The number of likely N-dealkylation sites (N-methyl/N-ethyl adjacent to an activating group) is 1. The molecule has 0 aromatic heterocycles. The number of hydrogen-bond donors (Lipinski definition) is 2. The number of urea groups is 1. The number of hydrogen-bond acceptors (Lipinski definition) is 6. The average molecular weight is 355 g/mol. The van der Waals surface area contributed by atoms with Crippen molar-refractivity contribution in [1.29, 1.82) is 0 Å². The van der Waals surface area contributed by atoms with Gasteiger partial charge in [-0.2, -0.15) is 0 Å². The van der Waals surface area contributed by atoms with E-state index in [2.05, 4.69) is 15.1 Å². The highest BCUT2D eigenvalue weighted by Crippen LogP contribution is 2.17. The predicted molar refractivity (Wildman–Crippen MR) is 91.9 cm³/mol. The molecule has 0 aromatic rings. The summed E-state index contributed by atoms with van der Waals surface area (Å²) in [6.45, 7) is 7.07. The Balaban J connectivity index is 1.76. The number of β-amino-alcohol motifs (C(OH)–C–C–N with tert-alkyl or cyclic N) is 1. The number of carbonyl (C=O) groups excluding carboxylic acids is 3. The lowest BCUT2D eigenvalue weighted by atomic mass is 10.1. The van der Waals surface area contributed by atoms with Crippen molar-refractivity contribution in [2.24, 2.45) is 0 Å². The first-order valence-electron chi connectivity index (χ1n) is 8.57. The number of piperazine rings is 1. The fourth-order valence-corrected chi connectivity index (χ4v) is 3.01. The van der Waals surface area contributed by atoms with Gasteiger partial charge in [0, 0.05) is 46.8 Å². The van der Waals surface area contributed by atoms with Crippen LogP contribution >= 0.6 is 0 Å². The highest BCUT2D eigenvalue weighted by atomic mass is 16.3. The molecule has 25 heavy (non-hydrogen) atoms. The summed E-state index contributed by atoms with van der Waals surface area (Å²) in [6, 6.07) is -0.457. The Labute approximate surface area is 148 Å². The van der Waals surface area contributed by atoms with Crippen LogP contribution in [0.3, 0.4) is 0 Å². The second-order valence-corrected chi connectivity index (χ2v) is 7.49. The Bertz CT molecular complexity index is 529. The highest BCUT2D eigenvalue weighted by Gasteiger charge is 2.44. The van der Waals surface area contributed by atoms with E-state index in [1.54, 1.807) is 32.8 Å². The third-order valence-electron chi connectivity index (χ3n) is 4.63. The molecule has 2 rings (SSSR count). The van der Waals surface area contributed by atoms with Crippen molar-refractivity contribution in [2.75, 3.05) is 59.9 Å². The Kier molecular flexibility index (Phi) is 6.02. The van der Waals surface area contributed by atoms with Gasteiger partial charge in [0.1, 0.15) is 5.54 Å². The number of carbonyl (C=O) groups is 3. The van der Waals surface area contributed by atoms with Gasteiger partial charge in [0.25, 0.3) is 5.91 Å². The van der Waals surface area contributed by atoms with Crippen LogP contribution in [0.5, 0.6) is 0 Å². The van der Waals surface area contributed by atoms with Gasteiger partial charge in [0.05, 0.1) is 19.2 Å². The average Bonchev–Trinajstić information content (AvgIpc) is 2.71. The predicted octanol–water partition coefficient (Wildman–Crippen LogP) is -1.62. The third kappa shape index (κ3) is 4.90. The van der Waals surface area contributed by atoms with Crippen LogP contribution in [0.2, 0.25) is 0 Å². The minimum Gasteiger partial charge on any atom is -0.390 e. The largest absolute Gasteiger partial charge is 0.390 e. The van der Waals surface area contributed by atoms with Crippen LogP contribution in [0.1, 0.15) is 13.8 Å². The summed E-state index contributed by atoms with van der Waals surface area (Å²) in [5.74, 6) is -0.238. The maximum atomic E-state index is 12.1. The van der Waals surface area contributed by atoms with Crippen LogP contribution in [-0.2, 0) is 9.59 Å². The van der Waals surface area contributed by atoms with Crippen molar-refractivity contribution in [1.82, 2.24) is 24.9 Å². The molecule has 0 aromatic carbocycles. The van der Waals surface area contributed by atoms with Gasteiger partial charge < -0.3 is 15.3 Å². The van der Waals surface area contributed by atoms with Crippen LogP contribution in [0.4, 0.5) is 4.79 Å². The fourth-order valence-electron chi connectivity index (χ4n) is 3.01. The van der Waals surface area contributed by atoms with E-state index in [0.717, 1.165) is 31.1 Å². The second-order valence-electron chi connectivity index (χ2n) is 7.49. The van der Waals surface area contributed by atoms with E-state index in [1.165, 1.54) is 0 Å². The first-order chi connectivity index (χ1) is 11.6. The molecule has 1 atom stereocenters. The quantitative estimate of drug-likeness (QED) is 0.556. The fraction of sp³-hybridized carbons (Fsp3) is 0.812. The molecule has 0 aliphatic carbocycles. The maximum absolute atomic E-state index is 12.1. The molecular weight excluding hydrogens is 326 g/mol. The zero-order valence-corrected chi connectivity index (χ0v) is 15.5. The van der Waals surface area contributed by atoms with Crippen LogP contribution in [-0.4, -0.2) is 114 Å². The van der Waals surface area contributed by atoms with Crippen LogP contribution < -0.4 is 5.32 Å². The van der Waals surface area contributed by atoms with Gasteiger partial charge in [-0.3, -0.25) is 24.3 Å². The second kappa shape index (κ2) is 7.67. The van der Waals surface area contributed by atoms with Crippen molar-refractivity contribution >= 4 is 17.8 Å². The van der Waals surface area contributed by atoms with Gasteiger partial charge in [-0.05, 0) is 13.8 Å². The monoisotopic (exact) mass is 355 g/mol. The highest BCUT2D eigenvalue weighted by molar-refractivity contribution is 6.06. The van der Waals surface area contributed by atoms with E-state index < -0.39 is 17.7 Å². The van der Waals surface area contributed by atoms with Gasteiger partial charge in [0.2, 0.25) is 5.91 Å². The number of aliphatic hydroxyl groups is 1. The number of nitrogens with one attached hydrogen (secondary N) is 1. The minimum atomic E-state index is -0.915. The van der Waals surface area contributed by atoms with Crippen molar-refractivity contribution in [2.45, 2.75) is 25.5 Å². The van der Waals surface area contributed by atoms with Gasteiger partial charge in [-0.15, -0.1) is 0 Å². The molecule has 0 saturated carbocycles. The molecule has 2 N–H and O–H groups in total. The molecule has 0 spiro atoms. The smallest absolute Gasteiger partial charge is 0.325 e. The zero-order valence-electron chi connectivity index (χ0n) is 15.5. The molecule has 2 saturated heterocycles. The Morgan fingerprint density at radius 1 is 1.16 bits per heavy atom. The van der Waals surface area contributed by atoms with Crippen molar-refractivity contribution in [3.05, 3.63) is 0 Å². The molecule has 0 radical (unpaired) electrons. The van der Waals surface area contributed by atoms with E-state index in [0.29, 0.717) is 13.1 Å². The molecular formula is C16H29N5O4. The van der Waals surface area contributed by atoms with Crippen LogP contribution in [0, 0.1) is 0 Å². The topological polar surface area (TPSA) is 96.4 Å². The number of rotatable bonds is 6. The molecule has 4 amide bonds. The summed E-state index contributed by atoms with van der Waals surface area (Å²) in [7, 11) is 3.48. The lowest BCUT2D eigenvalue weighted by Crippen LogP contribution is -2.52. The standard InChI is InChI=1S/C16H29N5O4/c1-16(2)14(24)21(15(25)17-16)10-12(22)9-19-5-7-20(8-6-19)11-13(23)18(3)4/h12,22H,5-11H2,1-4H3,(H,17,25)/t12-/m1/s1. The van der Waals surface area contributed by atoms with E-state index >= 15 is 0 Å². The SMILES string of the molecule is CN(C)C(=O)CN1CCN(C[C@@H](O)CN2C(=O)NC(C)(C)C2=O)CC1. The van der Waals surface area contributed by atoms with E-state index in [1.807, 2.05) is 0 Å². The molecule has 2 aliphatic heterocycles. The molecule has 9 nitrogen and oxygen atoms in total. The Morgan fingerprint density at radius 2 is 1.72 bits per heavy atom. The van der Waals surface area contributed by atoms with E-state index in [4.69, 9.17) is 0 Å². The number of nitrogens with zero attached hydrogens (tertiary/aromatic N) is 4. The van der Waals surface area contributed by atoms with Crippen LogP contribution in [0.25, 0.3) is 0 Å². The Hall–Kier alpha value is -1.71. The summed E-state index contributed by atoms with van der Waals surface area (Å²) in [5, 5.41) is 12.9. The zero-order chi connectivity index (χ0) is 18.8. The summed E-state index contributed by atoms with van der Waals surface area (Å²) >= 11 is 0. The van der Waals surface area contributed by atoms with Crippen molar-refractivity contribution in [3.63, 3.8) is 0 Å².